The van der Waals surface area contributed by atoms with E-state index in [1.807, 2.05) is 6.07 Å². The highest BCUT2D eigenvalue weighted by molar-refractivity contribution is 5.95. The Balaban J connectivity index is 2.05. The summed E-state index contributed by atoms with van der Waals surface area (Å²) >= 11 is 0. The first-order valence-electron chi connectivity index (χ1n) is 7.65. The zero-order valence-electron chi connectivity index (χ0n) is 13.2. The number of fused-ring (bicyclic) bond motifs is 3. The van der Waals surface area contributed by atoms with Crippen LogP contribution in [0.1, 0.15) is 11.1 Å². The lowest BCUT2D eigenvalue weighted by Gasteiger charge is -2.10. The van der Waals surface area contributed by atoms with Crippen molar-refractivity contribution in [3.8, 4) is 0 Å². The van der Waals surface area contributed by atoms with Crippen molar-refractivity contribution in [3.63, 3.8) is 0 Å². The van der Waals surface area contributed by atoms with E-state index in [-0.39, 0.29) is 29.0 Å². The number of halogens is 3. The summed E-state index contributed by atoms with van der Waals surface area (Å²) in [7, 11) is 0. The summed E-state index contributed by atoms with van der Waals surface area (Å²) in [5, 5.41) is 3.87. The highest BCUT2D eigenvalue weighted by Crippen LogP contribution is 2.35. The molecule has 132 valence electrons. The van der Waals surface area contributed by atoms with Gasteiger partial charge in [0.25, 0.3) is 0 Å². The van der Waals surface area contributed by atoms with Crippen molar-refractivity contribution in [3.05, 3.63) is 70.1 Å². The second-order valence-electron chi connectivity index (χ2n) is 5.75. The van der Waals surface area contributed by atoms with Crippen molar-refractivity contribution < 1.29 is 13.2 Å². The second kappa shape index (κ2) is 5.58. The van der Waals surface area contributed by atoms with Crippen LogP contribution < -0.4 is 11.4 Å². The Morgan fingerprint density at radius 2 is 1.77 bits per heavy atom. The number of nitrogens with two attached hydrogens (primary N) is 1. The molecule has 0 bridgehead atoms. The van der Waals surface area contributed by atoms with Gasteiger partial charge in [-0.3, -0.25) is 0 Å². The molecule has 6 nitrogen and oxygen atoms in total. The molecular formula is C17H12F3N5O. The Kier molecular flexibility index (Phi) is 3.46. The highest BCUT2D eigenvalue weighted by Gasteiger charge is 2.34. The average molecular weight is 359 g/mol. The summed E-state index contributed by atoms with van der Waals surface area (Å²) in [6.45, 7) is 0.108. The maximum absolute atomic E-state index is 13.4. The number of nitrogens with zero attached hydrogens (tertiary/aromatic N) is 4. The second-order valence-corrected chi connectivity index (χ2v) is 5.75. The van der Waals surface area contributed by atoms with E-state index >= 15 is 0 Å². The predicted octanol–water partition coefficient (Wildman–Crippen LogP) is 2.69. The van der Waals surface area contributed by atoms with Gasteiger partial charge in [0, 0.05) is 0 Å². The van der Waals surface area contributed by atoms with Gasteiger partial charge < -0.3 is 5.73 Å². The van der Waals surface area contributed by atoms with Crippen LogP contribution in [0.25, 0.3) is 16.6 Å². The van der Waals surface area contributed by atoms with Crippen LogP contribution in [0, 0.1) is 0 Å². The fourth-order valence-corrected chi connectivity index (χ4v) is 2.91. The van der Waals surface area contributed by atoms with E-state index in [2.05, 4.69) is 10.1 Å². The topological polar surface area (TPSA) is 78.2 Å². The lowest BCUT2D eigenvalue weighted by Crippen LogP contribution is -2.23. The monoisotopic (exact) mass is 359 g/mol. The van der Waals surface area contributed by atoms with Gasteiger partial charge in [-0.2, -0.15) is 13.2 Å². The van der Waals surface area contributed by atoms with E-state index in [4.69, 9.17) is 5.73 Å². The molecular weight excluding hydrogens is 347 g/mol. The van der Waals surface area contributed by atoms with Gasteiger partial charge in [0.1, 0.15) is 0 Å². The molecule has 4 aromatic rings. The van der Waals surface area contributed by atoms with Gasteiger partial charge in [-0.15, -0.1) is 5.10 Å². The first-order chi connectivity index (χ1) is 12.4. The third kappa shape index (κ3) is 2.48. The molecule has 2 heterocycles. The molecule has 0 amide bonds. The summed E-state index contributed by atoms with van der Waals surface area (Å²) in [6.07, 6.45) is -4.61. The smallest absolute Gasteiger partial charge is 0.369 e. The molecule has 0 fully saturated rings. The number of hydrogen-bond donors (Lipinski definition) is 1. The fraction of sp³-hybridized carbons (Fsp3) is 0.118. The van der Waals surface area contributed by atoms with Gasteiger partial charge in [-0.05, 0) is 17.7 Å². The van der Waals surface area contributed by atoms with Crippen LogP contribution in [0.2, 0.25) is 0 Å². The third-order valence-electron chi connectivity index (χ3n) is 4.05. The maximum Gasteiger partial charge on any atom is 0.417 e. The van der Waals surface area contributed by atoms with E-state index in [1.165, 1.54) is 12.1 Å². The predicted molar refractivity (Wildman–Crippen MR) is 89.7 cm³/mol. The standard InChI is InChI=1S/C17H12F3N5O/c18-17(19,20)11-7-4-8-12-13(11)14-23-24(9-10-5-2-1-3-6-10)16(26)25(14)15(21)22-12/h1-8H,9H2,(H2,21,22). The molecule has 0 spiro atoms. The third-order valence-corrected chi connectivity index (χ3v) is 4.05. The summed E-state index contributed by atoms with van der Waals surface area (Å²) in [5.74, 6) is -0.212. The lowest BCUT2D eigenvalue weighted by atomic mass is 10.1. The number of anilines is 1. The molecule has 4 rings (SSSR count). The molecule has 2 aromatic carbocycles. The molecule has 0 aliphatic rings. The van der Waals surface area contributed by atoms with Gasteiger partial charge in [0.15, 0.2) is 5.65 Å². The van der Waals surface area contributed by atoms with Gasteiger partial charge in [-0.1, -0.05) is 36.4 Å². The SMILES string of the molecule is Nc1nc2cccc(C(F)(F)F)c2c2nn(Cc3ccccc3)c(=O)n12. The molecule has 0 radical (unpaired) electrons. The zero-order chi connectivity index (χ0) is 18.5. The molecule has 0 saturated heterocycles. The van der Waals surface area contributed by atoms with Crippen LogP contribution in [0.4, 0.5) is 19.1 Å². The van der Waals surface area contributed by atoms with Crippen LogP contribution in [-0.4, -0.2) is 19.2 Å². The van der Waals surface area contributed by atoms with E-state index in [0.717, 1.165) is 20.7 Å². The number of nitrogen functional groups attached to an aromatic ring is 1. The minimum atomic E-state index is -4.61. The average Bonchev–Trinajstić information content (AvgIpc) is 2.92. The Morgan fingerprint density at radius 3 is 2.46 bits per heavy atom. The van der Waals surface area contributed by atoms with Crippen LogP contribution in [0.15, 0.2) is 53.3 Å². The summed E-state index contributed by atoms with van der Waals surface area (Å²) in [6, 6.07) is 12.6. The Hall–Kier alpha value is -3.36. The van der Waals surface area contributed by atoms with Crippen molar-refractivity contribution in [2.24, 2.45) is 0 Å². The summed E-state index contributed by atoms with van der Waals surface area (Å²) < 4.78 is 42.2. The minimum Gasteiger partial charge on any atom is -0.369 e. The van der Waals surface area contributed by atoms with Gasteiger partial charge in [-0.25, -0.2) is 18.9 Å². The van der Waals surface area contributed by atoms with Crippen molar-refractivity contribution in [2.45, 2.75) is 12.7 Å². The molecule has 2 aromatic heterocycles. The van der Waals surface area contributed by atoms with E-state index < -0.39 is 17.4 Å². The summed E-state index contributed by atoms with van der Waals surface area (Å²) in [4.78, 5) is 16.6. The van der Waals surface area contributed by atoms with Gasteiger partial charge >= 0.3 is 11.9 Å². The van der Waals surface area contributed by atoms with Gasteiger partial charge in [0.2, 0.25) is 5.95 Å². The fourth-order valence-electron chi connectivity index (χ4n) is 2.91. The largest absolute Gasteiger partial charge is 0.417 e. The lowest BCUT2D eigenvalue weighted by molar-refractivity contribution is -0.136. The first-order valence-corrected chi connectivity index (χ1v) is 7.65. The molecule has 0 aliphatic heterocycles. The highest BCUT2D eigenvalue weighted by atomic mass is 19.4. The Bertz CT molecular complexity index is 1180. The van der Waals surface area contributed by atoms with Crippen LogP contribution in [0.3, 0.4) is 0 Å². The quantitative estimate of drug-likeness (QED) is 0.597. The normalized spacial score (nSPS) is 12.1. The van der Waals surface area contributed by atoms with Gasteiger partial charge in [0.05, 0.1) is 23.0 Å². The number of alkyl halides is 3. The van der Waals surface area contributed by atoms with E-state index in [9.17, 15) is 18.0 Å². The minimum absolute atomic E-state index is 0.0293. The van der Waals surface area contributed by atoms with E-state index in [0.29, 0.717) is 0 Å². The van der Waals surface area contributed by atoms with Crippen molar-refractivity contribution in [1.29, 1.82) is 0 Å². The Labute approximate surface area is 144 Å². The number of rotatable bonds is 2. The first kappa shape index (κ1) is 16.1. The molecule has 0 unspecified atom stereocenters. The number of aromatic nitrogens is 4. The van der Waals surface area contributed by atoms with Crippen molar-refractivity contribution >= 4 is 22.5 Å². The zero-order valence-corrected chi connectivity index (χ0v) is 13.2. The molecule has 0 atom stereocenters. The van der Waals surface area contributed by atoms with Crippen molar-refractivity contribution in [2.75, 3.05) is 5.73 Å². The molecule has 26 heavy (non-hydrogen) atoms. The number of hydrogen-bond acceptors (Lipinski definition) is 4. The molecule has 9 heteroatoms. The molecule has 2 N–H and O–H groups in total. The van der Waals surface area contributed by atoms with Crippen molar-refractivity contribution in [1.82, 2.24) is 19.2 Å². The summed E-state index contributed by atoms with van der Waals surface area (Å²) in [5.41, 5.74) is 4.89. The van der Waals surface area contributed by atoms with Crippen LogP contribution in [-0.2, 0) is 12.7 Å². The number of benzene rings is 2. The maximum atomic E-state index is 13.4. The molecule has 0 aliphatic carbocycles. The van der Waals surface area contributed by atoms with Crippen LogP contribution >= 0.6 is 0 Å². The van der Waals surface area contributed by atoms with E-state index in [1.54, 1.807) is 24.3 Å². The van der Waals surface area contributed by atoms with Crippen LogP contribution in [0.5, 0.6) is 0 Å². The molecule has 0 saturated carbocycles. The Morgan fingerprint density at radius 1 is 1.04 bits per heavy atom.